The maximum absolute atomic E-state index is 5.73. The summed E-state index contributed by atoms with van der Waals surface area (Å²) in [6.45, 7) is 2.08. The average molecular weight is 232 g/mol. The van der Waals surface area contributed by atoms with Crippen molar-refractivity contribution in [2.45, 2.75) is 25.7 Å². The molecule has 2 aromatic heterocycles. The van der Waals surface area contributed by atoms with Crippen LogP contribution in [-0.2, 0) is 0 Å². The summed E-state index contributed by atoms with van der Waals surface area (Å²) in [6, 6.07) is 0. The Morgan fingerprint density at radius 3 is 2.65 bits per heavy atom. The number of nitrogen functional groups attached to an aromatic ring is 1. The van der Waals surface area contributed by atoms with Gasteiger partial charge < -0.3 is 10.6 Å². The third-order valence-electron chi connectivity index (χ3n) is 3.21. The van der Waals surface area contributed by atoms with Crippen molar-refractivity contribution in [3.05, 3.63) is 6.20 Å². The summed E-state index contributed by atoms with van der Waals surface area (Å²) in [7, 11) is 0. The molecule has 0 bridgehead atoms. The molecule has 17 heavy (non-hydrogen) atoms. The third-order valence-corrected chi connectivity index (χ3v) is 3.21. The Balaban J connectivity index is 2.05. The molecule has 0 saturated carbocycles. The minimum Gasteiger partial charge on any atom is -0.368 e. The van der Waals surface area contributed by atoms with Crippen LogP contribution in [0.1, 0.15) is 25.7 Å². The molecular weight excluding hydrogens is 216 g/mol. The number of nitrogens with two attached hydrogens (primary N) is 1. The minimum atomic E-state index is 0.306. The first kappa shape index (κ1) is 10.3. The lowest BCUT2D eigenvalue weighted by molar-refractivity contribution is 0.726. The summed E-state index contributed by atoms with van der Waals surface area (Å²) in [4.78, 5) is 10.8. The number of anilines is 2. The fraction of sp³-hybridized carbons (Fsp3) is 0.545. The maximum Gasteiger partial charge on any atom is 0.224 e. The number of nitrogens with zero attached hydrogens (tertiary/aromatic N) is 4. The molecule has 0 spiro atoms. The highest BCUT2D eigenvalue weighted by atomic mass is 15.2. The van der Waals surface area contributed by atoms with Crippen LogP contribution in [-0.4, -0.2) is 33.3 Å². The molecule has 6 heteroatoms. The number of rotatable bonds is 1. The van der Waals surface area contributed by atoms with E-state index in [0.29, 0.717) is 5.95 Å². The molecule has 0 radical (unpaired) electrons. The van der Waals surface area contributed by atoms with Gasteiger partial charge in [0, 0.05) is 13.1 Å². The molecule has 0 amide bonds. The summed E-state index contributed by atoms with van der Waals surface area (Å²) < 4.78 is 0. The zero-order valence-electron chi connectivity index (χ0n) is 9.69. The van der Waals surface area contributed by atoms with Crippen LogP contribution >= 0.6 is 0 Å². The molecule has 1 aliphatic rings. The van der Waals surface area contributed by atoms with E-state index in [0.717, 1.165) is 29.9 Å². The lowest BCUT2D eigenvalue weighted by atomic mass is 10.2. The first-order valence-corrected chi connectivity index (χ1v) is 6.06. The van der Waals surface area contributed by atoms with Crippen molar-refractivity contribution in [1.29, 1.82) is 0 Å². The summed E-state index contributed by atoms with van der Waals surface area (Å²) in [5.41, 5.74) is 6.45. The second-order valence-electron chi connectivity index (χ2n) is 4.44. The van der Waals surface area contributed by atoms with Gasteiger partial charge in [-0.05, 0) is 12.8 Å². The molecule has 6 nitrogen and oxygen atoms in total. The molecule has 0 unspecified atom stereocenters. The van der Waals surface area contributed by atoms with E-state index in [9.17, 15) is 0 Å². The van der Waals surface area contributed by atoms with Crippen molar-refractivity contribution in [3.8, 4) is 0 Å². The first-order valence-electron chi connectivity index (χ1n) is 6.06. The number of aromatic nitrogens is 4. The predicted octanol–water partition coefficient (Wildman–Crippen LogP) is 1.32. The maximum atomic E-state index is 5.73. The van der Waals surface area contributed by atoms with Gasteiger partial charge in [0.25, 0.3) is 0 Å². The van der Waals surface area contributed by atoms with Crippen molar-refractivity contribution in [2.75, 3.05) is 23.7 Å². The van der Waals surface area contributed by atoms with Gasteiger partial charge >= 0.3 is 0 Å². The van der Waals surface area contributed by atoms with Gasteiger partial charge in [0.1, 0.15) is 5.82 Å². The van der Waals surface area contributed by atoms with Gasteiger partial charge in [0.2, 0.25) is 5.95 Å². The van der Waals surface area contributed by atoms with Gasteiger partial charge in [-0.15, -0.1) is 0 Å². The summed E-state index contributed by atoms with van der Waals surface area (Å²) >= 11 is 0. The van der Waals surface area contributed by atoms with E-state index in [1.54, 1.807) is 6.20 Å². The highest BCUT2D eigenvalue weighted by molar-refractivity contribution is 5.87. The Hall–Kier alpha value is -1.85. The molecule has 90 valence electrons. The Kier molecular flexibility index (Phi) is 2.55. The van der Waals surface area contributed by atoms with Crippen LogP contribution in [0.3, 0.4) is 0 Å². The highest BCUT2D eigenvalue weighted by Gasteiger charge is 2.16. The van der Waals surface area contributed by atoms with Crippen molar-refractivity contribution in [2.24, 2.45) is 0 Å². The average Bonchev–Trinajstić information content (AvgIpc) is 2.62. The smallest absolute Gasteiger partial charge is 0.224 e. The first-order chi connectivity index (χ1) is 8.34. The van der Waals surface area contributed by atoms with Crippen LogP contribution in [0, 0.1) is 0 Å². The van der Waals surface area contributed by atoms with Crippen LogP contribution in [0.15, 0.2) is 6.20 Å². The minimum absolute atomic E-state index is 0.306. The zero-order valence-corrected chi connectivity index (χ0v) is 9.69. The topological polar surface area (TPSA) is 83.7 Å². The molecule has 2 aromatic rings. The normalized spacial score (nSPS) is 17.3. The van der Waals surface area contributed by atoms with Gasteiger partial charge in [0.05, 0.1) is 11.6 Å². The van der Waals surface area contributed by atoms with Gasteiger partial charge in [-0.1, -0.05) is 12.8 Å². The summed E-state index contributed by atoms with van der Waals surface area (Å²) in [5, 5.41) is 7.82. The zero-order chi connectivity index (χ0) is 11.7. The molecule has 0 aromatic carbocycles. The van der Waals surface area contributed by atoms with Crippen LogP contribution < -0.4 is 10.6 Å². The number of nitrogens with one attached hydrogen (secondary N) is 1. The van der Waals surface area contributed by atoms with E-state index in [1.165, 1.54) is 25.7 Å². The number of aromatic amines is 1. The van der Waals surface area contributed by atoms with Gasteiger partial charge in [-0.25, -0.2) is 0 Å². The number of hydrogen-bond donors (Lipinski definition) is 2. The third kappa shape index (κ3) is 1.90. The largest absolute Gasteiger partial charge is 0.368 e. The number of fused-ring (bicyclic) bond motifs is 1. The van der Waals surface area contributed by atoms with Crippen molar-refractivity contribution < 1.29 is 0 Å². The van der Waals surface area contributed by atoms with Gasteiger partial charge in [-0.3, -0.25) is 5.10 Å². The second-order valence-corrected chi connectivity index (χ2v) is 4.44. The summed E-state index contributed by atoms with van der Waals surface area (Å²) in [5.74, 6) is 1.23. The van der Waals surface area contributed by atoms with Crippen molar-refractivity contribution in [3.63, 3.8) is 0 Å². The summed E-state index contributed by atoms with van der Waals surface area (Å²) in [6.07, 6.45) is 6.79. The molecule has 3 rings (SSSR count). The lowest BCUT2D eigenvalue weighted by Crippen LogP contribution is -2.25. The SMILES string of the molecule is Nc1nc(N2CCCCCC2)c2cn[nH]c2n1. The Morgan fingerprint density at radius 2 is 1.88 bits per heavy atom. The van der Waals surface area contributed by atoms with Crippen LogP contribution in [0.2, 0.25) is 0 Å². The quantitative estimate of drug-likeness (QED) is 0.774. The highest BCUT2D eigenvalue weighted by Crippen LogP contribution is 2.25. The molecular formula is C11H16N6. The fourth-order valence-electron chi connectivity index (χ4n) is 2.36. The Bertz CT molecular complexity index is 512. The molecule has 3 heterocycles. The van der Waals surface area contributed by atoms with E-state index in [4.69, 9.17) is 5.73 Å². The van der Waals surface area contributed by atoms with Crippen molar-refractivity contribution >= 4 is 22.8 Å². The molecule has 1 fully saturated rings. The molecule has 0 aliphatic carbocycles. The van der Waals surface area contributed by atoms with E-state index >= 15 is 0 Å². The van der Waals surface area contributed by atoms with E-state index in [1.807, 2.05) is 0 Å². The molecule has 1 aliphatic heterocycles. The molecule has 3 N–H and O–H groups in total. The van der Waals surface area contributed by atoms with Crippen LogP contribution in [0.25, 0.3) is 11.0 Å². The Morgan fingerprint density at radius 1 is 1.12 bits per heavy atom. The van der Waals surface area contributed by atoms with Crippen molar-refractivity contribution in [1.82, 2.24) is 20.2 Å². The second kappa shape index (κ2) is 4.20. The number of hydrogen-bond acceptors (Lipinski definition) is 5. The monoisotopic (exact) mass is 232 g/mol. The van der Waals surface area contributed by atoms with Crippen LogP contribution in [0.5, 0.6) is 0 Å². The van der Waals surface area contributed by atoms with Gasteiger partial charge in [0.15, 0.2) is 5.65 Å². The Labute approximate surface area is 99.2 Å². The van der Waals surface area contributed by atoms with E-state index < -0.39 is 0 Å². The predicted molar refractivity (Wildman–Crippen MR) is 66.8 cm³/mol. The molecule has 0 atom stereocenters. The molecule has 1 saturated heterocycles. The van der Waals surface area contributed by atoms with E-state index in [-0.39, 0.29) is 0 Å². The standard InChI is InChI=1S/C11H16N6/c12-11-14-9-8(7-13-16-9)10(15-11)17-5-3-1-2-4-6-17/h7H,1-6H2,(H3,12,13,14,15,16). The lowest BCUT2D eigenvalue weighted by Gasteiger charge is -2.21. The fourth-order valence-corrected chi connectivity index (χ4v) is 2.36. The van der Waals surface area contributed by atoms with Crippen LogP contribution in [0.4, 0.5) is 11.8 Å². The number of H-pyrrole nitrogens is 1. The van der Waals surface area contributed by atoms with Gasteiger partial charge in [-0.2, -0.15) is 15.1 Å². The van der Waals surface area contributed by atoms with E-state index in [2.05, 4.69) is 25.1 Å².